The smallest absolute Gasteiger partial charge is 0.0540 e. The van der Waals surface area contributed by atoms with Gasteiger partial charge in [0, 0.05) is 24.3 Å². The van der Waals surface area contributed by atoms with Crippen LogP contribution < -0.4 is 5.32 Å². The largest absolute Gasteiger partial charge is 0.310 e. The molecule has 3 heteroatoms. The van der Waals surface area contributed by atoms with Crippen LogP contribution in [0.5, 0.6) is 0 Å². The second-order valence-electron chi connectivity index (χ2n) is 6.05. The van der Waals surface area contributed by atoms with Gasteiger partial charge in [-0.3, -0.25) is 4.68 Å². The number of rotatable bonds is 5. The summed E-state index contributed by atoms with van der Waals surface area (Å²) in [6, 6.07) is 0.494. The molecule has 19 heavy (non-hydrogen) atoms. The molecule has 0 bridgehead atoms. The number of nitrogens with zero attached hydrogens (tertiary/aromatic N) is 2. The zero-order chi connectivity index (χ0) is 13.8. The van der Waals surface area contributed by atoms with Gasteiger partial charge in [-0.2, -0.15) is 5.10 Å². The Morgan fingerprint density at radius 3 is 2.79 bits per heavy atom. The molecule has 1 heterocycles. The predicted octanol–water partition coefficient (Wildman–Crippen LogP) is 3.60. The first-order valence-corrected chi connectivity index (χ1v) is 7.89. The molecule has 1 aromatic heterocycles. The maximum atomic E-state index is 4.43. The molecule has 1 aromatic rings. The molecule has 3 unspecified atom stereocenters. The first-order valence-electron chi connectivity index (χ1n) is 7.89. The molecule has 2 rings (SSSR count). The highest BCUT2D eigenvalue weighted by atomic mass is 15.3. The van der Waals surface area contributed by atoms with Crippen LogP contribution in [-0.4, -0.2) is 16.3 Å². The van der Waals surface area contributed by atoms with Crippen molar-refractivity contribution in [2.45, 2.75) is 58.9 Å². The first kappa shape index (κ1) is 14.6. The van der Waals surface area contributed by atoms with Gasteiger partial charge >= 0.3 is 0 Å². The van der Waals surface area contributed by atoms with E-state index < -0.39 is 0 Å². The van der Waals surface area contributed by atoms with Crippen LogP contribution >= 0.6 is 0 Å². The van der Waals surface area contributed by atoms with Gasteiger partial charge in [-0.15, -0.1) is 0 Å². The molecule has 1 fully saturated rings. The fourth-order valence-electron chi connectivity index (χ4n) is 3.58. The lowest BCUT2D eigenvalue weighted by molar-refractivity contribution is 0.210. The van der Waals surface area contributed by atoms with Crippen LogP contribution in [0, 0.1) is 18.8 Å². The van der Waals surface area contributed by atoms with Crippen molar-refractivity contribution in [2.24, 2.45) is 18.9 Å². The van der Waals surface area contributed by atoms with Crippen molar-refractivity contribution in [2.75, 3.05) is 6.54 Å². The zero-order valence-corrected chi connectivity index (χ0v) is 12.9. The van der Waals surface area contributed by atoms with Gasteiger partial charge in [-0.05, 0) is 38.1 Å². The average Bonchev–Trinajstić information content (AvgIpc) is 2.76. The molecule has 1 N–H and O–H groups in total. The van der Waals surface area contributed by atoms with Crippen LogP contribution in [0.4, 0.5) is 0 Å². The Labute approximate surface area is 117 Å². The van der Waals surface area contributed by atoms with Crippen LogP contribution in [-0.2, 0) is 7.05 Å². The Balaban J connectivity index is 2.17. The Hall–Kier alpha value is -0.830. The molecule has 0 radical (unpaired) electrons. The van der Waals surface area contributed by atoms with Gasteiger partial charge in [-0.25, -0.2) is 0 Å². The second kappa shape index (κ2) is 6.56. The molecular formula is C16H29N3. The molecule has 1 aliphatic rings. The molecule has 0 spiro atoms. The molecule has 0 amide bonds. The zero-order valence-electron chi connectivity index (χ0n) is 12.9. The van der Waals surface area contributed by atoms with E-state index in [-0.39, 0.29) is 0 Å². The summed E-state index contributed by atoms with van der Waals surface area (Å²) >= 11 is 0. The molecular weight excluding hydrogens is 234 g/mol. The van der Waals surface area contributed by atoms with Crippen LogP contribution in [0.2, 0.25) is 0 Å². The van der Waals surface area contributed by atoms with E-state index >= 15 is 0 Å². The normalized spacial score (nSPS) is 25.5. The Morgan fingerprint density at radius 2 is 2.21 bits per heavy atom. The van der Waals surface area contributed by atoms with E-state index in [1.165, 1.54) is 43.4 Å². The minimum absolute atomic E-state index is 0.494. The quantitative estimate of drug-likeness (QED) is 0.879. The lowest BCUT2D eigenvalue weighted by Gasteiger charge is -2.34. The van der Waals surface area contributed by atoms with E-state index in [2.05, 4.69) is 37.4 Å². The third kappa shape index (κ3) is 3.19. The van der Waals surface area contributed by atoms with Gasteiger partial charge < -0.3 is 5.32 Å². The highest BCUT2D eigenvalue weighted by Gasteiger charge is 2.30. The van der Waals surface area contributed by atoms with Crippen LogP contribution in [0.1, 0.15) is 63.3 Å². The Morgan fingerprint density at radius 1 is 1.42 bits per heavy atom. The summed E-state index contributed by atoms with van der Waals surface area (Å²) in [4.78, 5) is 0. The van der Waals surface area contributed by atoms with E-state index in [1.54, 1.807) is 0 Å². The SMILES string of the molecule is CCNC(c1cnn(C)c1C)C1CCCC(CC)C1. The maximum absolute atomic E-state index is 4.43. The fraction of sp³-hybridized carbons (Fsp3) is 0.812. The van der Waals surface area contributed by atoms with Crippen molar-refractivity contribution in [1.82, 2.24) is 15.1 Å². The molecule has 0 aliphatic heterocycles. The Kier molecular flexibility index (Phi) is 5.03. The van der Waals surface area contributed by atoms with E-state index in [4.69, 9.17) is 0 Å². The van der Waals surface area contributed by atoms with Gasteiger partial charge in [0.05, 0.1) is 6.20 Å². The summed E-state index contributed by atoms with van der Waals surface area (Å²) in [5.41, 5.74) is 2.72. The van der Waals surface area contributed by atoms with Crippen molar-refractivity contribution >= 4 is 0 Å². The molecule has 1 saturated carbocycles. The van der Waals surface area contributed by atoms with Gasteiger partial charge in [0.25, 0.3) is 0 Å². The highest BCUT2D eigenvalue weighted by molar-refractivity contribution is 5.21. The summed E-state index contributed by atoms with van der Waals surface area (Å²) in [5, 5.41) is 8.14. The summed E-state index contributed by atoms with van der Waals surface area (Å²) < 4.78 is 2.00. The van der Waals surface area contributed by atoms with Crippen LogP contribution in [0.15, 0.2) is 6.20 Å². The number of aryl methyl sites for hydroxylation is 1. The van der Waals surface area contributed by atoms with Crippen molar-refractivity contribution in [3.63, 3.8) is 0 Å². The predicted molar refractivity (Wildman–Crippen MR) is 80.1 cm³/mol. The first-order chi connectivity index (χ1) is 9.17. The molecule has 108 valence electrons. The topological polar surface area (TPSA) is 29.9 Å². The third-order valence-corrected chi connectivity index (χ3v) is 4.90. The average molecular weight is 263 g/mol. The van der Waals surface area contributed by atoms with Crippen molar-refractivity contribution in [1.29, 1.82) is 0 Å². The monoisotopic (exact) mass is 263 g/mol. The number of aromatic nitrogens is 2. The minimum atomic E-state index is 0.494. The second-order valence-corrected chi connectivity index (χ2v) is 6.05. The number of hydrogen-bond donors (Lipinski definition) is 1. The molecule has 3 nitrogen and oxygen atoms in total. The highest BCUT2D eigenvalue weighted by Crippen LogP contribution is 2.39. The minimum Gasteiger partial charge on any atom is -0.310 e. The standard InChI is InChI=1S/C16H29N3/c1-5-13-8-7-9-14(10-13)16(17-6-2)15-11-18-19(4)12(15)3/h11,13-14,16-17H,5-10H2,1-4H3. The van der Waals surface area contributed by atoms with E-state index in [0.29, 0.717) is 6.04 Å². The van der Waals surface area contributed by atoms with Crippen molar-refractivity contribution in [3.05, 3.63) is 17.5 Å². The van der Waals surface area contributed by atoms with E-state index in [0.717, 1.165) is 18.4 Å². The van der Waals surface area contributed by atoms with Gasteiger partial charge in [-0.1, -0.05) is 33.1 Å². The summed E-state index contributed by atoms with van der Waals surface area (Å²) in [7, 11) is 2.04. The van der Waals surface area contributed by atoms with Crippen LogP contribution in [0.3, 0.4) is 0 Å². The lowest BCUT2D eigenvalue weighted by atomic mass is 9.75. The molecule has 1 aliphatic carbocycles. The van der Waals surface area contributed by atoms with Gasteiger partial charge in [0.1, 0.15) is 0 Å². The van der Waals surface area contributed by atoms with E-state index in [1.807, 2.05) is 11.7 Å². The summed E-state index contributed by atoms with van der Waals surface area (Å²) in [6.45, 7) is 7.77. The van der Waals surface area contributed by atoms with Crippen molar-refractivity contribution in [3.8, 4) is 0 Å². The number of nitrogens with one attached hydrogen (secondary N) is 1. The van der Waals surface area contributed by atoms with E-state index in [9.17, 15) is 0 Å². The third-order valence-electron chi connectivity index (χ3n) is 4.90. The molecule has 0 saturated heterocycles. The molecule has 0 aromatic carbocycles. The summed E-state index contributed by atoms with van der Waals surface area (Å²) in [6.07, 6.45) is 8.97. The Bertz CT molecular complexity index is 397. The van der Waals surface area contributed by atoms with Crippen molar-refractivity contribution < 1.29 is 0 Å². The summed E-state index contributed by atoms with van der Waals surface area (Å²) in [5.74, 6) is 1.71. The van der Waals surface area contributed by atoms with Crippen LogP contribution in [0.25, 0.3) is 0 Å². The van der Waals surface area contributed by atoms with Gasteiger partial charge in [0.2, 0.25) is 0 Å². The lowest BCUT2D eigenvalue weighted by Crippen LogP contribution is -2.32. The number of hydrogen-bond acceptors (Lipinski definition) is 2. The van der Waals surface area contributed by atoms with Gasteiger partial charge in [0.15, 0.2) is 0 Å². The maximum Gasteiger partial charge on any atom is 0.0540 e. The molecule has 3 atom stereocenters. The fourth-order valence-corrected chi connectivity index (χ4v) is 3.58.